The first-order chi connectivity index (χ1) is 12.7. The number of likely N-dealkylation sites (tertiary alicyclic amines) is 1. The number of hydrogen-bond donors (Lipinski definition) is 1. The molecule has 1 fully saturated rings. The van der Waals surface area contributed by atoms with Crippen LogP contribution in [-0.4, -0.2) is 33.6 Å². The number of amides is 2. The van der Waals surface area contributed by atoms with Crippen LogP contribution in [0.4, 0.5) is 10.5 Å². The Hall–Kier alpha value is -3.08. The number of nitrogens with zero attached hydrogens (tertiary/aromatic N) is 3. The van der Waals surface area contributed by atoms with Gasteiger partial charge in [-0.05, 0) is 30.7 Å². The lowest BCUT2D eigenvalue weighted by Gasteiger charge is -2.28. The number of urea groups is 1. The van der Waals surface area contributed by atoms with E-state index in [1.54, 1.807) is 0 Å². The van der Waals surface area contributed by atoms with Crippen molar-refractivity contribution in [1.29, 1.82) is 0 Å². The Morgan fingerprint density at radius 2 is 1.85 bits per heavy atom. The van der Waals surface area contributed by atoms with Crippen molar-refractivity contribution in [3.05, 3.63) is 77.9 Å². The summed E-state index contributed by atoms with van der Waals surface area (Å²) in [7, 11) is 0. The molecule has 5 heteroatoms. The minimum absolute atomic E-state index is 0.0427. The molecule has 0 unspecified atom stereocenters. The van der Waals surface area contributed by atoms with Crippen LogP contribution in [0, 0.1) is 6.92 Å². The number of rotatable bonds is 1. The van der Waals surface area contributed by atoms with Gasteiger partial charge in [0.05, 0.1) is 5.69 Å². The number of anilines is 1. The number of imidazole rings is 1. The number of para-hydroxylation sites is 1. The molecule has 1 aromatic heterocycles. The van der Waals surface area contributed by atoms with E-state index in [2.05, 4.69) is 39.1 Å². The maximum absolute atomic E-state index is 12.8. The monoisotopic (exact) mass is 344 g/mol. The molecule has 0 spiro atoms. The van der Waals surface area contributed by atoms with Gasteiger partial charge in [0.1, 0.15) is 5.82 Å². The molecule has 2 aliphatic rings. The van der Waals surface area contributed by atoms with Crippen LogP contribution < -0.4 is 5.32 Å². The molecule has 3 aromatic rings. The Morgan fingerprint density at radius 1 is 1.08 bits per heavy atom. The zero-order valence-corrected chi connectivity index (χ0v) is 14.6. The van der Waals surface area contributed by atoms with Gasteiger partial charge >= 0.3 is 6.03 Å². The van der Waals surface area contributed by atoms with Crippen molar-refractivity contribution in [2.75, 3.05) is 18.4 Å². The maximum Gasteiger partial charge on any atom is 0.321 e. The third-order valence-electron chi connectivity index (χ3n) is 5.51. The smallest absolute Gasteiger partial charge is 0.321 e. The molecule has 0 bridgehead atoms. The third-order valence-corrected chi connectivity index (χ3v) is 5.51. The number of benzene rings is 2. The quantitative estimate of drug-likeness (QED) is 0.728. The van der Waals surface area contributed by atoms with Gasteiger partial charge in [0.2, 0.25) is 0 Å². The van der Waals surface area contributed by atoms with Crippen LogP contribution in [0.15, 0.2) is 60.9 Å². The van der Waals surface area contributed by atoms with Crippen LogP contribution in [0.1, 0.15) is 28.8 Å². The zero-order chi connectivity index (χ0) is 17.7. The molecular weight excluding hydrogens is 324 g/mol. The molecule has 26 heavy (non-hydrogen) atoms. The summed E-state index contributed by atoms with van der Waals surface area (Å²) in [6.07, 6.45) is 3.86. The predicted molar refractivity (Wildman–Crippen MR) is 101 cm³/mol. The van der Waals surface area contributed by atoms with Gasteiger partial charge in [0, 0.05) is 43.0 Å². The molecule has 5 nitrogen and oxygen atoms in total. The predicted octanol–water partition coefficient (Wildman–Crippen LogP) is 3.91. The molecule has 0 aliphatic carbocycles. The summed E-state index contributed by atoms with van der Waals surface area (Å²) in [4.78, 5) is 19.3. The molecule has 0 radical (unpaired) electrons. The number of carbonyl (C=O) groups excluding carboxylic acids is 1. The first kappa shape index (κ1) is 15.2. The van der Waals surface area contributed by atoms with E-state index in [1.807, 2.05) is 48.5 Å². The van der Waals surface area contributed by atoms with E-state index >= 15 is 0 Å². The lowest BCUT2D eigenvalue weighted by Crippen LogP contribution is -2.33. The number of carbonyl (C=O) groups is 1. The largest absolute Gasteiger partial charge is 0.323 e. The van der Waals surface area contributed by atoms with Gasteiger partial charge in [-0.1, -0.05) is 35.9 Å². The van der Waals surface area contributed by atoms with Crippen molar-refractivity contribution >= 4 is 11.7 Å². The SMILES string of the molecule is Cc1ccc(NC(=O)N2C[C@@H]3c4nccn4-c4ccccc4[C@@H]3C2)cc1. The third kappa shape index (κ3) is 2.31. The second kappa shape index (κ2) is 5.73. The Labute approximate surface area is 152 Å². The van der Waals surface area contributed by atoms with Crippen molar-refractivity contribution in [1.82, 2.24) is 14.5 Å². The lowest BCUT2D eigenvalue weighted by molar-refractivity contribution is 0.221. The van der Waals surface area contributed by atoms with E-state index in [0.717, 1.165) is 11.5 Å². The zero-order valence-electron chi connectivity index (χ0n) is 14.6. The van der Waals surface area contributed by atoms with Crippen LogP contribution in [0.2, 0.25) is 0 Å². The van der Waals surface area contributed by atoms with E-state index in [-0.39, 0.29) is 11.9 Å². The van der Waals surface area contributed by atoms with Crippen molar-refractivity contribution in [3.8, 4) is 5.69 Å². The minimum Gasteiger partial charge on any atom is -0.323 e. The normalized spacial score (nSPS) is 20.3. The Balaban J connectivity index is 1.43. The number of aryl methyl sites for hydroxylation is 1. The Morgan fingerprint density at radius 3 is 2.69 bits per heavy atom. The second-order valence-electron chi connectivity index (χ2n) is 7.13. The number of nitrogens with one attached hydrogen (secondary N) is 1. The number of hydrogen-bond acceptors (Lipinski definition) is 2. The van der Waals surface area contributed by atoms with Gasteiger partial charge in [-0.3, -0.25) is 0 Å². The van der Waals surface area contributed by atoms with Crippen molar-refractivity contribution < 1.29 is 4.79 Å². The molecule has 1 N–H and O–H groups in total. The van der Waals surface area contributed by atoms with Gasteiger partial charge < -0.3 is 14.8 Å². The van der Waals surface area contributed by atoms with Crippen molar-refractivity contribution in [2.24, 2.45) is 0 Å². The standard InChI is InChI=1S/C21H20N4O/c1-14-6-8-15(9-7-14)23-21(26)24-12-17-16-4-2-3-5-19(16)25-11-10-22-20(25)18(17)13-24/h2-11,17-18H,12-13H2,1H3,(H,23,26)/t17-,18-/m0/s1. The highest BCUT2D eigenvalue weighted by atomic mass is 16.2. The van der Waals surface area contributed by atoms with Crippen molar-refractivity contribution in [2.45, 2.75) is 18.8 Å². The fourth-order valence-corrected chi connectivity index (χ4v) is 4.20. The molecule has 2 atom stereocenters. The summed E-state index contributed by atoms with van der Waals surface area (Å²) in [5.74, 6) is 1.59. The van der Waals surface area contributed by atoms with Gasteiger partial charge in [-0.25, -0.2) is 9.78 Å². The average molecular weight is 344 g/mol. The average Bonchev–Trinajstić information content (AvgIpc) is 3.31. The molecule has 3 heterocycles. The van der Waals surface area contributed by atoms with Crippen LogP contribution in [0.3, 0.4) is 0 Å². The summed E-state index contributed by atoms with van der Waals surface area (Å²) >= 11 is 0. The summed E-state index contributed by atoms with van der Waals surface area (Å²) in [5, 5.41) is 3.02. The summed E-state index contributed by atoms with van der Waals surface area (Å²) in [6.45, 7) is 3.44. The molecule has 0 saturated carbocycles. The summed E-state index contributed by atoms with van der Waals surface area (Å²) < 4.78 is 2.16. The van der Waals surface area contributed by atoms with Crippen LogP contribution in [0.25, 0.3) is 5.69 Å². The summed E-state index contributed by atoms with van der Waals surface area (Å²) in [5.41, 5.74) is 4.49. The molecule has 5 rings (SSSR count). The Bertz CT molecular complexity index is 976. The van der Waals surface area contributed by atoms with Gasteiger partial charge in [-0.15, -0.1) is 0 Å². The van der Waals surface area contributed by atoms with Gasteiger partial charge in [-0.2, -0.15) is 0 Å². The van der Waals surface area contributed by atoms with Crippen LogP contribution >= 0.6 is 0 Å². The topological polar surface area (TPSA) is 50.2 Å². The Kier molecular flexibility index (Phi) is 3.35. The molecule has 130 valence electrons. The fourth-order valence-electron chi connectivity index (χ4n) is 4.20. The molecule has 2 aliphatic heterocycles. The summed E-state index contributed by atoms with van der Waals surface area (Å²) in [6, 6.07) is 16.3. The minimum atomic E-state index is -0.0427. The maximum atomic E-state index is 12.8. The highest BCUT2D eigenvalue weighted by Crippen LogP contribution is 2.45. The highest BCUT2D eigenvalue weighted by molar-refractivity contribution is 5.89. The first-order valence-corrected chi connectivity index (χ1v) is 8.96. The fraction of sp³-hybridized carbons (Fsp3) is 0.238. The van der Waals surface area contributed by atoms with E-state index < -0.39 is 0 Å². The molecule has 2 amide bonds. The molecular formula is C21H20N4O. The molecule has 2 aromatic carbocycles. The lowest BCUT2D eigenvalue weighted by atomic mass is 9.84. The van der Waals surface area contributed by atoms with Gasteiger partial charge in [0.15, 0.2) is 0 Å². The van der Waals surface area contributed by atoms with E-state index in [1.165, 1.54) is 16.8 Å². The van der Waals surface area contributed by atoms with E-state index in [4.69, 9.17) is 0 Å². The van der Waals surface area contributed by atoms with Crippen molar-refractivity contribution in [3.63, 3.8) is 0 Å². The molecule has 1 saturated heterocycles. The van der Waals surface area contributed by atoms with Crippen LogP contribution in [-0.2, 0) is 0 Å². The first-order valence-electron chi connectivity index (χ1n) is 8.96. The second-order valence-corrected chi connectivity index (χ2v) is 7.13. The number of aromatic nitrogens is 2. The van der Waals surface area contributed by atoms with Gasteiger partial charge in [0.25, 0.3) is 0 Å². The number of fused-ring (bicyclic) bond motifs is 6. The van der Waals surface area contributed by atoms with Crippen LogP contribution in [0.5, 0.6) is 0 Å². The highest BCUT2D eigenvalue weighted by Gasteiger charge is 2.43. The van der Waals surface area contributed by atoms with E-state index in [0.29, 0.717) is 19.0 Å². The van der Waals surface area contributed by atoms with E-state index in [9.17, 15) is 4.79 Å².